The maximum Gasteiger partial charge on any atom is 0.274 e. The Bertz CT molecular complexity index is 1080. The van der Waals surface area contributed by atoms with Gasteiger partial charge in [0, 0.05) is 12.6 Å². The van der Waals surface area contributed by atoms with Crippen LogP contribution in [0, 0.1) is 0 Å². The van der Waals surface area contributed by atoms with Gasteiger partial charge in [-0.1, -0.05) is 30.3 Å². The van der Waals surface area contributed by atoms with Crippen molar-refractivity contribution >= 4 is 5.91 Å². The van der Waals surface area contributed by atoms with Gasteiger partial charge < -0.3 is 14.4 Å². The van der Waals surface area contributed by atoms with Gasteiger partial charge in [0.05, 0.1) is 19.7 Å². The quantitative estimate of drug-likeness (QED) is 0.587. The van der Waals surface area contributed by atoms with Crippen molar-refractivity contribution in [3.63, 3.8) is 0 Å². The van der Waals surface area contributed by atoms with E-state index in [-0.39, 0.29) is 36.4 Å². The zero-order valence-electron chi connectivity index (χ0n) is 17.4. The predicted molar refractivity (Wildman–Crippen MR) is 116 cm³/mol. The number of methoxy groups -OCH3 is 1. The summed E-state index contributed by atoms with van der Waals surface area (Å²) in [5.41, 5.74) is 1.07. The number of para-hydroxylation sites is 1. The second kappa shape index (κ2) is 9.47. The molecule has 1 atom stereocenters. The van der Waals surface area contributed by atoms with Crippen LogP contribution < -0.4 is 15.0 Å². The average molecular weight is 419 g/mol. The fourth-order valence-electron chi connectivity index (χ4n) is 3.82. The molecule has 1 aliphatic rings. The Morgan fingerprint density at radius 2 is 1.81 bits per heavy atom. The van der Waals surface area contributed by atoms with Gasteiger partial charge >= 0.3 is 0 Å². The number of amides is 1. The minimum absolute atomic E-state index is 0.0120. The fraction of sp³-hybridized carbons (Fsp3) is 0.292. The molecule has 31 heavy (non-hydrogen) atoms. The molecule has 0 bridgehead atoms. The third kappa shape index (κ3) is 4.77. The highest BCUT2D eigenvalue weighted by Crippen LogP contribution is 2.33. The molecule has 1 amide bonds. The highest BCUT2D eigenvalue weighted by molar-refractivity contribution is 5.92. The SMILES string of the molecule is COc1ccc([C@H]2CCCN2C(=O)c2ccc(=O)n(CCOc3ccccc3)n2)cc1. The maximum absolute atomic E-state index is 13.2. The van der Waals surface area contributed by atoms with Gasteiger partial charge in [0.15, 0.2) is 0 Å². The van der Waals surface area contributed by atoms with Crippen molar-refractivity contribution in [2.24, 2.45) is 0 Å². The Morgan fingerprint density at radius 3 is 2.55 bits per heavy atom. The van der Waals surface area contributed by atoms with Gasteiger partial charge in [0.25, 0.3) is 11.5 Å². The maximum atomic E-state index is 13.2. The Morgan fingerprint density at radius 1 is 1.03 bits per heavy atom. The molecule has 7 nitrogen and oxygen atoms in total. The number of likely N-dealkylation sites (tertiary alicyclic amines) is 1. The van der Waals surface area contributed by atoms with E-state index in [4.69, 9.17) is 9.47 Å². The first kappa shape index (κ1) is 20.7. The van der Waals surface area contributed by atoms with E-state index in [2.05, 4.69) is 5.10 Å². The molecule has 0 radical (unpaired) electrons. The number of carbonyl (C=O) groups is 1. The van der Waals surface area contributed by atoms with Crippen LogP contribution in [-0.2, 0) is 6.54 Å². The third-order valence-electron chi connectivity index (χ3n) is 5.42. The fourth-order valence-corrected chi connectivity index (χ4v) is 3.82. The monoisotopic (exact) mass is 419 g/mol. The zero-order valence-corrected chi connectivity index (χ0v) is 17.4. The van der Waals surface area contributed by atoms with E-state index in [0.29, 0.717) is 6.54 Å². The number of nitrogens with zero attached hydrogens (tertiary/aromatic N) is 3. The molecule has 0 saturated carbocycles. The summed E-state index contributed by atoms with van der Waals surface area (Å²) in [6, 6.07) is 20.0. The third-order valence-corrected chi connectivity index (χ3v) is 5.42. The molecule has 1 saturated heterocycles. The number of aromatic nitrogens is 2. The van der Waals surface area contributed by atoms with Crippen LogP contribution in [0.4, 0.5) is 0 Å². The van der Waals surface area contributed by atoms with E-state index in [9.17, 15) is 9.59 Å². The lowest BCUT2D eigenvalue weighted by Gasteiger charge is -2.25. The topological polar surface area (TPSA) is 73.7 Å². The van der Waals surface area contributed by atoms with E-state index < -0.39 is 0 Å². The molecular weight excluding hydrogens is 394 g/mol. The number of hydrogen-bond acceptors (Lipinski definition) is 5. The van der Waals surface area contributed by atoms with E-state index in [1.807, 2.05) is 59.5 Å². The molecule has 1 fully saturated rings. The number of carbonyl (C=O) groups excluding carboxylic acids is 1. The smallest absolute Gasteiger partial charge is 0.274 e. The second-order valence-corrected chi connectivity index (χ2v) is 7.37. The predicted octanol–water partition coefficient (Wildman–Crippen LogP) is 3.31. The minimum Gasteiger partial charge on any atom is -0.497 e. The van der Waals surface area contributed by atoms with Crippen molar-refractivity contribution in [1.29, 1.82) is 0 Å². The molecule has 0 unspecified atom stereocenters. The summed E-state index contributed by atoms with van der Waals surface area (Å²) in [6.07, 6.45) is 1.82. The van der Waals surface area contributed by atoms with Crippen LogP contribution in [-0.4, -0.2) is 40.8 Å². The number of benzene rings is 2. The molecule has 7 heteroatoms. The molecule has 1 aromatic heterocycles. The highest BCUT2D eigenvalue weighted by Gasteiger charge is 2.31. The Labute approximate surface area is 180 Å². The Balaban J connectivity index is 1.47. The van der Waals surface area contributed by atoms with Crippen LogP contribution >= 0.6 is 0 Å². The molecule has 160 valence electrons. The first-order valence-electron chi connectivity index (χ1n) is 10.4. The average Bonchev–Trinajstić information content (AvgIpc) is 3.30. The first-order chi connectivity index (χ1) is 15.2. The van der Waals surface area contributed by atoms with Gasteiger partial charge in [-0.05, 0) is 48.7 Å². The second-order valence-electron chi connectivity index (χ2n) is 7.37. The van der Waals surface area contributed by atoms with Crippen molar-refractivity contribution in [1.82, 2.24) is 14.7 Å². The summed E-state index contributed by atoms with van der Waals surface area (Å²) < 4.78 is 12.2. The standard InChI is InChI=1S/C24H25N3O4/c1-30-19-11-9-18(10-12-19)22-8-5-15-26(22)24(29)21-13-14-23(28)27(25-21)16-17-31-20-6-3-2-4-7-20/h2-4,6-7,9-14,22H,5,8,15-17H2,1H3/t22-/m1/s1. The summed E-state index contributed by atoms with van der Waals surface area (Å²) >= 11 is 0. The lowest BCUT2D eigenvalue weighted by molar-refractivity contribution is 0.0726. The largest absolute Gasteiger partial charge is 0.497 e. The first-order valence-corrected chi connectivity index (χ1v) is 10.4. The molecular formula is C24H25N3O4. The van der Waals surface area contributed by atoms with Crippen molar-refractivity contribution in [3.05, 3.63) is 88.3 Å². The summed E-state index contributed by atoms with van der Waals surface area (Å²) in [5.74, 6) is 1.34. The number of rotatable bonds is 7. The molecule has 0 spiro atoms. The molecule has 2 heterocycles. The molecule has 1 aliphatic heterocycles. The van der Waals surface area contributed by atoms with Crippen LogP contribution in [0.15, 0.2) is 71.5 Å². The van der Waals surface area contributed by atoms with E-state index in [1.165, 1.54) is 16.8 Å². The lowest BCUT2D eigenvalue weighted by Crippen LogP contribution is -2.34. The van der Waals surface area contributed by atoms with Crippen molar-refractivity contribution in [2.45, 2.75) is 25.4 Å². The van der Waals surface area contributed by atoms with Gasteiger partial charge in [0.2, 0.25) is 0 Å². The molecule has 0 aliphatic carbocycles. The van der Waals surface area contributed by atoms with Crippen molar-refractivity contribution in [2.75, 3.05) is 20.3 Å². The van der Waals surface area contributed by atoms with E-state index in [1.54, 1.807) is 7.11 Å². The van der Waals surface area contributed by atoms with Crippen molar-refractivity contribution < 1.29 is 14.3 Å². The number of ether oxygens (including phenoxy) is 2. The summed E-state index contributed by atoms with van der Waals surface area (Å²) in [5, 5.41) is 4.32. The molecule has 0 N–H and O–H groups in total. The van der Waals surface area contributed by atoms with Crippen molar-refractivity contribution in [3.8, 4) is 11.5 Å². The van der Waals surface area contributed by atoms with Gasteiger partial charge in [-0.25, -0.2) is 4.68 Å². The highest BCUT2D eigenvalue weighted by atomic mass is 16.5. The molecule has 4 rings (SSSR count). The van der Waals surface area contributed by atoms with Gasteiger partial charge in [-0.15, -0.1) is 0 Å². The van der Waals surface area contributed by atoms with Crippen LogP contribution in [0.5, 0.6) is 11.5 Å². The van der Waals surface area contributed by atoms with Gasteiger partial charge in [-0.3, -0.25) is 9.59 Å². The molecule has 2 aromatic carbocycles. The Hall–Kier alpha value is -3.61. The van der Waals surface area contributed by atoms with Gasteiger partial charge in [-0.2, -0.15) is 5.10 Å². The zero-order chi connectivity index (χ0) is 21.6. The Kier molecular flexibility index (Phi) is 6.31. The van der Waals surface area contributed by atoms with E-state index in [0.717, 1.165) is 29.9 Å². The van der Waals surface area contributed by atoms with Crippen LogP contribution in [0.3, 0.4) is 0 Å². The van der Waals surface area contributed by atoms with Gasteiger partial charge in [0.1, 0.15) is 23.8 Å². The minimum atomic E-state index is -0.263. The normalized spacial score (nSPS) is 15.6. The van der Waals surface area contributed by atoms with Crippen LogP contribution in [0.25, 0.3) is 0 Å². The summed E-state index contributed by atoms with van der Waals surface area (Å²) in [6.45, 7) is 1.21. The lowest BCUT2D eigenvalue weighted by atomic mass is 10.0. The number of hydrogen-bond donors (Lipinski definition) is 0. The van der Waals surface area contributed by atoms with Crippen LogP contribution in [0.1, 0.15) is 34.9 Å². The summed E-state index contributed by atoms with van der Waals surface area (Å²) in [7, 11) is 1.63. The molecule has 3 aromatic rings. The van der Waals surface area contributed by atoms with E-state index >= 15 is 0 Å². The summed E-state index contributed by atoms with van der Waals surface area (Å²) in [4.78, 5) is 27.2. The van der Waals surface area contributed by atoms with Crippen LogP contribution in [0.2, 0.25) is 0 Å².